The highest BCUT2D eigenvalue weighted by Gasteiger charge is 2.35. The molecule has 0 heterocycles. The van der Waals surface area contributed by atoms with Crippen molar-refractivity contribution in [2.45, 2.75) is 17.4 Å². The molecule has 1 aliphatic rings. The van der Waals surface area contributed by atoms with Crippen LogP contribution in [-0.2, 0) is 5.60 Å². The van der Waals surface area contributed by atoms with Gasteiger partial charge >= 0.3 is 0 Å². The Kier molecular flexibility index (Phi) is 4.87. The Morgan fingerprint density at radius 1 is 0.741 bits per heavy atom. The van der Waals surface area contributed by atoms with E-state index in [2.05, 4.69) is 36.9 Å². The lowest BCUT2D eigenvalue weighted by Crippen LogP contribution is -2.28. The van der Waals surface area contributed by atoms with Crippen molar-refractivity contribution in [1.29, 1.82) is 0 Å². The highest BCUT2D eigenvalue weighted by molar-refractivity contribution is 8.03. The fraction of sp³-hybridized carbons (Fsp3) is 0.0800. The van der Waals surface area contributed by atoms with Crippen molar-refractivity contribution in [3.63, 3.8) is 0 Å². The van der Waals surface area contributed by atoms with Crippen LogP contribution in [-0.4, -0.2) is 5.11 Å². The largest absolute Gasteiger partial charge is 0.375 e. The van der Waals surface area contributed by atoms with Crippen molar-refractivity contribution in [3.8, 4) is 0 Å². The van der Waals surface area contributed by atoms with E-state index in [-0.39, 0.29) is 0 Å². The summed E-state index contributed by atoms with van der Waals surface area (Å²) in [6.07, 6.45) is 3.99. The molecule has 0 fully saturated rings. The third kappa shape index (κ3) is 3.56. The van der Waals surface area contributed by atoms with Crippen LogP contribution in [0.15, 0.2) is 118 Å². The molecule has 0 atom stereocenters. The molecule has 4 rings (SSSR count). The van der Waals surface area contributed by atoms with Gasteiger partial charge in [-0.15, -0.1) is 0 Å². The van der Waals surface area contributed by atoms with Crippen LogP contribution in [0.1, 0.15) is 16.7 Å². The monoisotopic (exact) mass is 368 g/mol. The van der Waals surface area contributed by atoms with Crippen LogP contribution in [0.3, 0.4) is 0 Å². The van der Waals surface area contributed by atoms with E-state index in [1.54, 1.807) is 11.8 Å². The predicted octanol–water partition coefficient (Wildman–Crippen LogP) is 6.00. The number of benzene rings is 3. The van der Waals surface area contributed by atoms with E-state index >= 15 is 0 Å². The van der Waals surface area contributed by atoms with E-state index in [0.717, 1.165) is 26.5 Å². The number of rotatable bonds is 5. The van der Waals surface area contributed by atoms with E-state index in [0.29, 0.717) is 0 Å². The minimum Gasteiger partial charge on any atom is -0.375 e. The lowest BCUT2D eigenvalue weighted by Gasteiger charge is -2.29. The van der Waals surface area contributed by atoms with E-state index < -0.39 is 5.60 Å². The first-order valence-electron chi connectivity index (χ1n) is 8.94. The second kappa shape index (κ2) is 7.46. The van der Waals surface area contributed by atoms with Crippen LogP contribution in [0, 0.1) is 6.92 Å². The number of aliphatic hydroxyl groups is 1. The average Bonchev–Trinajstić information content (AvgIpc) is 3.19. The number of hydrogen-bond donors (Lipinski definition) is 1. The molecule has 1 N–H and O–H groups in total. The van der Waals surface area contributed by atoms with Gasteiger partial charge in [0.1, 0.15) is 5.60 Å². The first-order valence-corrected chi connectivity index (χ1v) is 9.75. The van der Waals surface area contributed by atoms with E-state index in [1.807, 2.05) is 72.8 Å². The maximum atomic E-state index is 11.8. The standard InChI is InChI=1S/C25H20OS/c1-19-12-15-23(16-13-19)27-24-17-14-22(18-24)25(26,20-8-4-2-5-9-20)21-10-6-3-7-11-21/h2-17,26H,1H3. The minimum absolute atomic E-state index is 0.759. The fourth-order valence-corrected chi connectivity index (χ4v) is 4.04. The first kappa shape index (κ1) is 17.6. The molecule has 1 nitrogen and oxygen atoms in total. The number of thioether (sulfide) groups is 1. The Balaban J connectivity index is 1.78. The highest BCUT2D eigenvalue weighted by atomic mass is 32.2. The van der Waals surface area contributed by atoms with E-state index in [4.69, 9.17) is 0 Å². The summed E-state index contributed by atoms with van der Waals surface area (Å²) >= 11 is 1.66. The third-order valence-electron chi connectivity index (χ3n) is 4.68. The summed E-state index contributed by atoms with van der Waals surface area (Å²) in [5, 5.41) is 11.8. The molecule has 3 aromatic carbocycles. The Bertz CT molecular complexity index is 985. The predicted molar refractivity (Wildman–Crippen MR) is 113 cm³/mol. The molecule has 3 aromatic rings. The van der Waals surface area contributed by atoms with E-state index in [9.17, 15) is 5.11 Å². The van der Waals surface area contributed by atoms with Gasteiger partial charge in [-0.2, -0.15) is 0 Å². The van der Waals surface area contributed by atoms with Crippen LogP contribution in [0.2, 0.25) is 0 Å². The average molecular weight is 369 g/mol. The second-order valence-corrected chi connectivity index (χ2v) is 7.71. The molecule has 0 bridgehead atoms. The van der Waals surface area contributed by atoms with Crippen LogP contribution in [0.5, 0.6) is 0 Å². The molecule has 0 aliphatic heterocycles. The van der Waals surface area contributed by atoms with Crippen LogP contribution < -0.4 is 0 Å². The van der Waals surface area contributed by atoms with Crippen molar-refractivity contribution in [3.05, 3.63) is 130 Å². The SMILES string of the molecule is Cc1ccc(SC2=C=C(C(O)(c3ccccc3)c3ccccc3)C=C2)cc1. The third-order valence-corrected chi connectivity index (χ3v) is 5.65. The maximum Gasteiger partial charge on any atom is 0.147 e. The summed E-state index contributed by atoms with van der Waals surface area (Å²) in [5.74, 6) is 0. The van der Waals surface area contributed by atoms with Gasteiger partial charge in [-0.25, -0.2) is 0 Å². The molecule has 2 heteroatoms. The molecule has 0 radical (unpaired) electrons. The Labute approximate surface area is 164 Å². The van der Waals surface area contributed by atoms with Crippen molar-refractivity contribution in [2.75, 3.05) is 0 Å². The fourth-order valence-electron chi connectivity index (χ4n) is 3.22. The molecule has 0 spiro atoms. The summed E-state index contributed by atoms with van der Waals surface area (Å²) in [7, 11) is 0. The quantitative estimate of drug-likeness (QED) is 0.557. The lowest BCUT2D eigenvalue weighted by atomic mass is 9.81. The maximum absolute atomic E-state index is 11.8. The zero-order chi connectivity index (χ0) is 18.7. The molecule has 27 heavy (non-hydrogen) atoms. The van der Waals surface area contributed by atoms with Crippen LogP contribution in [0.4, 0.5) is 0 Å². The van der Waals surface area contributed by atoms with Gasteiger partial charge in [-0.1, -0.05) is 95.9 Å². The van der Waals surface area contributed by atoms with Gasteiger partial charge in [0, 0.05) is 10.5 Å². The Morgan fingerprint density at radius 2 is 1.30 bits per heavy atom. The van der Waals surface area contributed by atoms with Crippen molar-refractivity contribution in [1.82, 2.24) is 0 Å². The molecule has 0 aromatic heterocycles. The zero-order valence-electron chi connectivity index (χ0n) is 15.1. The molecular formula is C25H20OS. The lowest BCUT2D eigenvalue weighted by molar-refractivity contribution is 0.125. The van der Waals surface area contributed by atoms with Gasteiger partial charge in [-0.3, -0.25) is 0 Å². The Morgan fingerprint density at radius 3 is 1.85 bits per heavy atom. The molecule has 1 aliphatic carbocycles. The first-order chi connectivity index (χ1) is 13.2. The van der Waals surface area contributed by atoms with Crippen molar-refractivity contribution >= 4 is 11.8 Å². The Hall–Kier alpha value is -2.77. The van der Waals surface area contributed by atoms with E-state index in [1.165, 1.54) is 5.56 Å². The summed E-state index contributed by atoms with van der Waals surface area (Å²) < 4.78 is 0. The molecule has 0 unspecified atom stereocenters. The topological polar surface area (TPSA) is 20.2 Å². The normalized spacial score (nSPS) is 13.4. The summed E-state index contributed by atoms with van der Waals surface area (Å²) in [6.45, 7) is 2.08. The van der Waals surface area contributed by atoms with Gasteiger partial charge in [-0.05, 0) is 42.3 Å². The highest BCUT2D eigenvalue weighted by Crippen LogP contribution is 2.40. The smallest absolute Gasteiger partial charge is 0.147 e. The van der Waals surface area contributed by atoms with Gasteiger partial charge < -0.3 is 5.11 Å². The van der Waals surface area contributed by atoms with Gasteiger partial charge in [0.05, 0.1) is 4.91 Å². The molecule has 0 amide bonds. The van der Waals surface area contributed by atoms with Crippen LogP contribution >= 0.6 is 11.8 Å². The molecule has 132 valence electrons. The molecule has 0 saturated heterocycles. The van der Waals surface area contributed by atoms with Gasteiger partial charge in [0.15, 0.2) is 0 Å². The second-order valence-electron chi connectivity index (χ2n) is 6.59. The zero-order valence-corrected chi connectivity index (χ0v) is 15.9. The molecule has 0 saturated carbocycles. The van der Waals surface area contributed by atoms with Crippen molar-refractivity contribution < 1.29 is 5.11 Å². The summed E-state index contributed by atoms with van der Waals surface area (Å²) in [6, 6.07) is 28.0. The van der Waals surface area contributed by atoms with Crippen molar-refractivity contribution in [2.24, 2.45) is 0 Å². The van der Waals surface area contributed by atoms with Gasteiger partial charge in [0.2, 0.25) is 0 Å². The van der Waals surface area contributed by atoms with Crippen LogP contribution in [0.25, 0.3) is 0 Å². The minimum atomic E-state index is -1.23. The molecular weight excluding hydrogens is 348 g/mol. The van der Waals surface area contributed by atoms with Gasteiger partial charge in [0.25, 0.3) is 0 Å². The summed E-state index contributed by atoms with van der Waals surface area (Å²) in [4.78, 5) is 2.16. The summed E-state index contributed by atoms with van der Waals surface area (Å²) in [5.41, 5.74) is 5.88. The number of hydrogen-bond acceptors (Lipinski definition) is 2. The number of aryl methyl sites for hydroxylation is 1.